The van der Waals surface area contributed by atoms with Crippen LogP contribution >= 0.6 is 0 Å². The van der Waals surface area contributed by atoms with Gasteiger partial charge in [0.15, 0.2) is 11.5 Å². The molecule has 106 valence electrons. The Kier molecular flexibility index (Phi) is 5.52. The summed E-state index contributed by atoms with van der Waals surface area (Å²) in [7, 11) is 1.69. The zero-order valence-electron chi connectivity index (χ0n) is 12.1. The van der Waals surface area contributed by atoms with Crippen LogP contribution in [0, 0.1) is 0 Å². The third kappa shape index (κ3) is 4.75. The zero-order valence-corrected chi connectivity index (χ0v) is 12.1. The second kappa shape index (κ2) is 7.39. The van der Waals surface area contributed by atoms with E-state index in [0.29, 0.717) is 0 Å². The van der Waals surface area contributed by atoms with Crippen molar-refractivity contribution in [3.05, 3.63) is 23.8 Å². The molecule has 1 aliphatic carbocycles. The summed E-state index contributed by atoms with van der Waals surface area (Å²) in [6, 6.07) is 6.93. The highest BCUT2D eigenvalue weighted by atomic mass is 16.5. The molecule has 0 radical (unpaired) electrons. The molecular formula is C16H25NO2. The molecule has 1 aliphatic rings. The number of nitrogens with one attached hydrogen (secondary N) is 1. The van der Waals surface area contributed by atoms with Gasteiger partial charge in [0.25, 0.3) is 0 Å². The number of hydrogen-bond donors (Lipinski definition) is 1. The number of rotatable bonds is 9. The molecule has 0 heterocycles. The maximum atomic E-state index is 5.84. The van der Waals surface area contributed by atoms with Crippen LogP contribution in [0.2, 0.25) is 0 Å². The summed E-state index contributed by atoms with van der Waals surface area (Å²) in [5, 5.41) is 3.52. The molecule has 0 spiro atoms. The van der Waals surface area contributed by atoms with Gasteiger partial charge in [-0.15, -0.1) is 0 Å². The summed E-state index contributed by atoms with van der Waals surface area (Å²) in [6.07, 6.45) is 6.16. The lowest BCUT2D eigenvalue weighted by atomic mass is 10.2. The van der Waals surface area contributed by atoms with E-state index in [-0.39, 0.29) is 0 Å². The van der Waals surface area contributed by atoms with Gasteiger partial charge < -0.3 is 14.8 Å². The van der Waals surface area contributed by atoms with Gasteiger partial charge in [-0.25, -0.2) is 0 Å². The van der Waals surface area contributed by atoms with Crippen LogP contribution in [0.15, 0.2) is 18.2 Å². The molecule has 3 nitrogen and oxygen atoms in total. The minimum atomic E-state index is 0.732. The van der Waals surface area contributed by atoms with E-state index in [0.717, 1.165) is 37.1 Å². The lowest BCUT2D eigenvalue weighted by Gasteiger charge is -2.12. The van der Waals surface area contributed by atoms with Crippen molar-refractivity contribution in [1.82, 2.24) is 5.32 Å². The van der Waals surface area contributed by atoms with Crippen LogP contribution in [0.5, 0.6) is 11.5 Å². The number of methoxy groups -OCH3 is 1. The first-order chi connectivity index (χ1) is 9.33. The molecule has 1 aromatic carbocycles. The third-order valence-corrected chi connectivity index (χ3v) is 3.41. The molecule has 1 saturated carbocycles. The Balaban J connectivity index is 1.90. The smallest absolute Gasteiger partial charge is 0.161 e. The van der Waals surface area contributed by atoms with E-state index in [2.05, 4.69) is 24.4 Å². The highest BCUT2D eigenvalue weighted by molar-refractivity contribution is 5.43. The van der Waals surface area contributed by atoms with E-state index in [1.165, 1.54) is 31.2 Å². The van der Waals surface area contributed by atoms with Gasteiger partial charge in [0, 0.05) is 12.6 Å². The summed E-state index contributed by atoms with van der Waals surface area (Å²) in [6.45, 7) is 3.88. The fourth-order valence-corrected chi connectivity index (χ4v) is 2.03. The van der Waals surface area contributed by atoms with Crippen molar-refractivity contribution in [2.75, 3.05) is 13.7 Å². The van der Waals surface area contributed by atoms with Crippen LogP contribution in [0.1, 0.15) is 44.6 Å². The first kappa shape index (κ1) is 14.2. The molecule has 0 aromatic heterocycles. The van der Waals surface area contributed by atoms with Gasteiger partial charge in [0.05, 0.1) is 13.7 Å². The summed E-state index contributed by atoms with van der Waals surface area (Å²) >= 11 is 0. The molecule has 0 unspecified atom stereocenters. The van der Waals surface area contributed by atoms with E-state index >= 15 is 0 Å². The average Bonchev–Trinajstić information content (AvgIpc) is 3.26. The van der Waals surface area contributed by atoms with Crippen molar-refractivity contribution in [1.29, 1.82) is 0 Å². The molecule has 0 saturated heterocycles. The summed E-state index contributed by atoms with van der Waals surface area (Å²) in [5.41, 5.74) is 1.26. The summed E-state index contributed by atoms with van der Waals surface area (Å²) in [4.78, 5) is 0. The lowest BCUT2D eigenvalue weighted by molar-refractivity contribution is 0.285. The van der Waals surface area contributed by atoms with Gasteiger partial charge in [-0.05, 0) is 37.0 Å². The first-order valence-electron chi connectivity index (χ1n) is 7.36. The van der Waals surface area contributed by atoms with Crippen LogP contribution in [-0.4, -0.2) is 19.8 Å². The Hall–Kier alpha value is -1.22. The highest BCUT2D eigenvalue weighted by Gasteiger charge is 2.20. The summed E-state index contributed by atoms with van der Waals surface area (Å²) in [5.74, 6) is 1.69. The molecule has 0 atom stereocenters. The minimum absolute atomic E-state index is 0.732. The Bertz CT molecular complexity index is 388. The quantitative estimate of drug-likeness (QED) is 0.692. The van der Waals surface area contributed by atoms with Crippen LogP contribution in [-0.2, 0) is 6.54 Å². The Morgan fingerprint density at radius 1 is 1.21 bits per heavy atom. The van der Waals surface area contributed by atoms with Crippen molar-refractivity contribution < 1.29 is 9.47 Å². The van der Waals surface area contributed by atoms with E-state index in [4.69, 9.17) is 9.47 Å². The Morgan fingerprint density at radius 2 is 2.05 bits per heavy atom. The fraction of sp³-hybridized carbons (Fsp3) is 0.625. The van der Waals surface area contributed by atoms with Crippen LogP contribution in [0.4, 0.5) is 0 Å². The largest absolute Gasteiger partial charge is 0.493 e. The molecular weight excluding hydrogens is 238 g/mol. The Morgan fingerprint density at radius 3 is 2.74 bits per heavy atom. The minimum Gasteiger partial charge on any atom is -0.493 e. The third-order valence-electron chi connectivity index (χ3n) is 3.41. The number of hydrogen-bond acceptors (Lipinski definition) is 3. The fourth-order valence-electron chi connectivity index (χ4n) is 2.03. The second-order valence-electron chi connectivity index (χ2n) is 5.20. The average molecular weight is 263 g/mol. The molecule has 1 fully saturated rings. The van der Waals surface area contributed by atoms with Crippen molar-refractivity contribution in [2.45, 2.75) is 51.6 Å². The SMILES string of the molecule is CCCCCOc1cc(CNC2CC2)ccc1OC. The molecule has 1 aromatic rings. The van der Waals surface area contributed by atoms with Gasteiger partial charge in [0.2, 0.25) is 0 Å². The van der Waals surface area contributed by atoms with Crippen LogP contribution in [0.25, 0.3) is 0 Å². The maximum absolute atomic E-state index is 5.84. The molecule has 3 heteroatoms. The zero-order chi connectivity index (χ0) is 13.5. The standard InChI is InChI=1S/C16H25NO2/c1-3-4-5-10-19-16-11-13(6-9-15(16)18-2)12-17-14-7-8-14/h6,9,11,14,17H,3-5,7-8,10,12H2,1-2H3. The van der Waals surface area contributed by atoms with Gasteiger partial charge in [0.1, 0.15) is 0 Å². The monoisotopic (exact) mass is 263 g/mol. The molecule has 2 rings (SSSR count). The van der Waals surface area contributed by atoms with Gasteiger partial charge >= 0.3 is 0 Å². The predicted octanol–water partition coefficient (Wildman–Crippen LogP) is 3.52. The molecule has 0 aliphatic heterocycles. The molecule has 1 N–H and O–H groups in total. The van der Waals surface area contributed by atoms with Gasteiger partial charge in [-0.1, -0.05) is 25.8 Å². The van der Waals surface area contributed by atoms with E-state index in [9.17, 15) is 0 Å². The predicted molar refractivity (Wildman–Crippen MR) is 77.9 cm³/mol. The number of benzene rings is 1. The van der Waals surface area contributed by atoms with Gasteiger partial charge in [-0.2, -0.15) is 0 Å². The first-order valence-corrected chi connectivity index (χ1v) is 7.36. The number of ether oxygens (including phenoxy) is 2. The van der Waals surface area contributed by atoms with E-state index < -0.39 is 0 Å². The second-order valence-corrected chi connectivity index (χ2v) is 5.20. The van der Waals surface area contributed by atoms with Crippen LogP contribution in [0.3, 0.4) is 0 Å². The van der Waals surface area contributed by atoms with Crippen molar-refractivity contribution in [3.8, 4) is 11.5 Å². The van der Waals surface area contributed by atoms with Crippen molar-refractivity contribution >= 4 is 0 Å². The molecule has 0 amide bonds. The van der Waals surface area contributed by atoms with E-state index in [1.54, 1.807) is 7.11 Å². The van der Waals surface area contributed by atoms with Gasteiger partial charge in [-0.3, -0.25) is 0 Å². The van der Waals surface area contributed by atoms with E-state index in [1.807, 2.05) is 6.07 Å². The highest BCUT2D eigenvalue weighted by Crippen LogP contribution is 2.29. The normalized spacial score (nSPS) is 14.4. The maximum Gasteiger partial charge on any atom is 0.161 e. The number of unbranched alkanes of at least 4 members (excludes halogenated alkanes) is 2. The van der Waals surface area contributed by atoms with Crippen molar-refractivity contribution in [2.24, 2.45) is 0 Å². The van der Waals surface area contributed by atoms with Crippen molar-refractivity contribution in [3.63, 3.8) is 0 Å². The lowest BCUT2D eigenvalue weighted by Crippen LogP contribution is -2.15. The summed E-state index contributed by atoms with van der Waals surface area (Å²) < 4.78 is 11.2. The molecule has 0 bridgehead atoms. The van der Waals surface area contributed by atoms with Crippen LogP contribution < -0.4 is 14.8 Å². The topological polar surface area (TPSA) is 30.5 Å². The molecule has 19 heavy (non-hydrogen) atoms. The Labute approximate surface area is 116 Å².